The molecular formula is C16H15N3O4. The van der Waals surface area contributed by atoms with E-state index in [1.54, 1.807) is 6.07 Å². The third-order valence-electron chi connectivity index (χ3n) is 3.70. The summed E-state index contributed by atoms with van der Waals surface area (Å²) in [7, 11) is 0. The highest BCUT2D eigenvalue weighted by atomic mass is 16.4. The minimum atomic E-state index is -1.71. The number of benzene rings is 1. The number of amides is 1. The maximum absolute atomic E-state index is 11.9. The van der Waals surface area contributed by atoms with Crippen molar-refractivity contribution in [2.24, 2.45) is 5.73 Å². The Morgan fingerprint density at radius 1 is 1.30 bits per heavy atom. The van der Waals surface area contributed by atoms with Crippen molar-refractivity contribution < 1.29 is 19.8 Å². The van der Waals surface area contributed by atoms with Gasteiger partial charge in [-0.15, -0.1) is 0 Å². The lowest BCUT2D eigenvalue weighted by molar-refractivity contribution is -0.141. The standard InChI is InChI=1S/C16H15N3O4/c17-13(16(22)23)15(21)19-14-9-7-8-3-1-2-4-10(8)18-11(9)5-6-12(14)20/h1-7,10,13,18,20H,17H2,(H,19,21)(H,22,23)/t10?,13-/m0/s1. The summed E-state index contributed by atoms with van der Waals surface area (Å²) in [6.45, 7) is 0. The molecule has 0 spiro atoms. The van der Waals surface area contributed by atoms with Gasteiger partial charge in [-0.2, -0.15) is 0 Å². The van der Waals surface area contributed by atoms with Crippen molar-refractivity contribution in [2.45, 2.75) is 12.1 Å². The first kappa shape index (κ1) is 14.9. The Kier molecular flexibility index (Phi) is 3.63. The number of carboxylic acids is 1. The van der Waals surface area contributed by atoms with Crippen LogP contribution in [0.5, 0.6) is 5.75 Å². The molecule has 2 atom stereocenters. The molecule has 2 aliphatic rings. The molecule has 23 heavy (non-hydrogen) atoms. The monoisotopic (exact) mass is 313 g/mol. The number of anilines is 2. The Morgan fingerprint density at radius 3 is 2.83 bits per heavy atom. The van der Waals surface area contributed by atoms with E-state index in [9.17, 15) is 14.7 Å². The molecule has 1 heterocycles. The number of nitrogens with one attached hydrogen (secondary N) is 2. The Bertz CT molecular complexity index is 780. The van der Waals surface area contributed by atoms with Crippen LogP contribution in [0.3, 0.4) is 0 Å². The van der Waals surface area contributed by atoms with Crippen LogP contribution in [0.1, 0.15) is 5.56 Å². The highest BCUT2D eigenvalue weighted by Crippen LogP contribution is 2.39. The van der Waals surface area contributed by atoms with Crippen molar-refractivity contribution in [3.8, 4) is 5.75 Å². The number of phenols is 1. The normalized spacial score (nSPS) is 19.0. The number of aliphatic carboxylic acids is 1. The minimum Gasteiger partial charge on any atom is -0.506 e. The van der Waals surface area contributed by atoms with Crippen LogP contribution in [-0.4, -0.2) is 34.2 Å². The predicted molar refractivity (Wildman–Crippen MR) is 86.0 cm³/mol. The van der Waals surface area contributed by atoms with Crippen LogP contribution in [0.15, 0.2) is 42.0 Å². The zero-order chi connectivity index (χ0) is 16.6. The Morgan fingerprint density at radius 2 is 2.09 bits per heavy atom. The first-order valence-corrected chi connectivity index (χ1v) is 6.95. The van der Waals surface area contributed by atoms with Crippen LogP contribution in [0.2, 0.25) is 0 Å². The van der Waals surface area contributed by atoms with Crippen LogP contribution in [0, 0.1) is 0 Å². The maximum Gasteiger partial charge on any atom is 0.330 e. The topological polar surface area (TPSA) is 125 Å². The van der Waals surface area contributed by atoms with Gasteiger partial charge in [0.05, 0.1) is 11.7 Å². The Balaban J connectivity index is 1.99. The van der Waals surface area contributed by atoms with Gasteiger partial charge in [-0.05, 0) is 23.8 Å². The lowest BCUT2D eigenvalue weighted by Gasteiger charge is -2.28. The number of carboxylic acid groups (broad SMARTS) is 1. The van der Waals surface area contributed by atoms with Gasteiger partial charge in [-0.25, -0.2) is 4.79 Å². The molecule has 7 nitrogen and oxygen atoms in total. The van der Waals surface area contributed by atoms with Crippen LogP contribution in [-0.2, 0) is 9.59 Å². The highest BCUT2D eigenvalue weighted by Gasteiger charge is 2.26. The largest absolute Gasteiger partial charge is 0.506 e. The first-order valence-electron chi connectivity index (χ1n) is 6.95. The van der Waals surface area contributed by atoms with Crippen LogP contribution in [0.4, 0.5) is 11.4 Å². The molecule has 1 amide bonds. The number of carbonyl (C=O) groups is 2. The smallest absolute Gasteiger partial charge is 0.330 e. The van der Waals surface area contributed by atoms with E-state index in [0.717, 1.165) is 11.3 Å². The van der Waals surface area contributed by atoms with Gasteiger partial charge in [0.2, 0.25) is 0 Å². The lowest BCUT2D eigenvalue weighted by Crippen LogP contribution is -2.42. The summed E-state index contributed by atoms with van der Waals surface area (Å²) < 4.78 is 0. The molecule has 1 aromatic carbocycles. The van der Waals surface area contributed by atoms with E-state index in [2.05, 4.69) is 10.6 Å². The van der Waals surface area contributed by atoms with Gasteiger partial charge >= 0.3 is 5.97 Å². The summed E-state index contributed by atoms with van der Waals surface area (Å²) in [5, 5.41) is 24.5. The minimum absolute atomic E-state index is 0.0156. The molecular weight excluding hydrogens is 298 g/mol. The number of phenolic OH excluding ortho intramolecular Hbond substituents is 1. The van der Waals surface area contributed by atoms with Gasteiger partial charge in [0.1, 0.15) is 5.75 Å². The van der Waals surface area contributed by atoms with E-state index in [0.29, 0.717) is 5.56 Å². The molecule has 0 bridgehead atoms. The van der Waals surface area contributed by atoms with Crippen molar-refractivity contribution >= 4 is 29.3 Å². The number of rotatable bonds is 3. The fourth-order valence-electron chi connectivity index (χ4n) is 2.49. The number of nitrogens with two attached hydrogens (primary N) is 1. The van der Waals surface area contributed by atoms with Gasteiger partial charge in [-0.1, -0.05) is 24.3 Å². The number of hydrogen-bond donors (Lipinski definition) is 5. The number of hydrogen-bond acceptors (Lipinski definition) is 5. The summed E-state index contributed by atoms with van der Waals surface area (Å²) in [6.07, 6.45) is 9.54. The molecule has 1 aromatic rings. The first-order chi connectivity index (χ1) is 11.0. The quantitative estimate of drug-likeness (QED) is 0.323. The van der Waals surface area contributed by atoms with Crippen LogP contribution >= 0.6 is 0 Å². The third-order valence-corrected chi connectivity index (χ3v) is 3.70. The zero-order valence-corrected chi connectivity index (χ0v) is 12.0. The van der Waals surface area contributed by atoms with E-state index in [-0.39, 0.29) is 17.5 Å². The summed E-state index contributed by atoms with van der Waals surface area (Å²) in [5.74, 6) is -2.51. The highest BCUT2D eigenvalue weighted by molar-refractivity contribution is 6.09. The lowest BCUT2D eigenvalue weighted by atomic mass is 9.93. The second kappa shape index (κ2) is 5.62. The van der Waals surface area contributed by atoms with Gasteiger partial charge in [0.25, 0.3) is 5.91 Å². The molecule has 0 aromatic heterocycles. The van der Waals surface area contributed by atoms with E-state index in [1.165, 1.54) is 6.07 Å². The van der Waals surface area contributed by atoms with Gasteiger partial charge in [0.15, 0.2) is 6.04 Å². The Labute approximate surface area is 131 Å². The number of fused-ring (bicyclic) bond motifs is 2. The van der Waals surface area contributed by atoms with E-state index in [1.807, 2.05) is 30.4 Å². The van der Waals surface area contributed by atoms with Gasteiger partial charge in [0, 0.05) is 11.3 Å². The SMILES string of the molecule is N[C@H](C(=O)O)C(=O)Nc1c(O)ccc2c1C=C1C=CC=CC1N2. The fraction of sp³-hybridized carbons (Fsp3) is 0.125. The molecule has 6 N–H and O–H groups in total. The summed E-state index contributed by atoms with van der Waals surface area (Å²) >= 11 is 0. The van der Waals surface area contributed by atoms with Gasteiger partial charge < -0.3 is 26.6 Å². The molecule has 1 unspecified atom stereocenters. The maximum atomic E-state index is 11.9. The van der Waals surface area contributed by atoms with E-state index >= 15 is 0 Å². The van der Waals surface area contributed by atoms with E-state index in [4.69, 9.17) is 10.8 Å². The van der Waals surface area contributed by atoms with Crippen molar-refractivity contribution in [3.05, 3.63) is 47.6 Å². The molecule has 0 saturated heterocycles. The number of aromatic hydroxyl groups is 1. The van der Waals surface area contributed by atoms with Gasteiger partial charge in [-0.3, -0.25) is 4.79 Å². The molecule has 3 rings (SSSR count). The second-order valence-corrected chi connectivity index (χ2v) is 5.24. The van der Waals surface area contributed by atoms with Crippen molar-refractivity contribution in [1.82, 2.24) is 0 Å². The Hall–Kier alpha value is -3.06. The van der Waals surface area contributed by atoms with Crippen LogP contribution < -0.4 is 16.4 Å². The molecule has 0 saturated carbocycles. The van der Waals surface area contributed by atoms with E-state index < -0.39 is 17.9 Å². The predicted octanol–water partition coefficient (Wildman–Crippen LogP) is 1.05. The number of allylic oxidation sites excluding steroid dienone is 2. The molecule has 7 heteroatoms. The van der Waals surface area contributed by atoms with Crippen LogP contribution in [0.25, 0.3) is 6.08 Å². The number of carbonyl (C=O) groups excluding carboxylic acids is 1. The van der Waals surface area contributed by atoms with Crippen molar-refractivity contribution in [3.63, 3.8) is 0 Å². The average Bonchev–Trinajstić information content (AvgIpc) is 2.55. The average molecular weight is 313 g/mol. The molecule has 0 radical (unpaired) electrons. The fourth-order valence-corrected chi connectivity index (χ4v) is 2.49. The zero-order valence-electron chi connectivity index (χ0n) is 12.0. The molecule has 0 fully saturated rings. The summed E-state index contributed by atoms with van der Waals surface area (Å²) in [5.41, 5.74) is 7.68. The molecule has 1 aliphatic carbocycles. The molecule has 118 valence electrons. The molecule has 1 aliphatic heterocycles. The van der Waals surface area contributed by atoms with Crippen molar-refractivity contribution in [1.29, 1.82) is 0 Å². The summed E-state index contributed by atoms with van der Waals surface area (Å²) in [6, 6.07) is 1.42. The van der Waals surface area contributed by atoms with Crippen molar-refractivity contribution in [2.75, 3.05) is 10.6 Å². The summed E-state index contributed by atoms with van der Waals surface area (Å²) in [4.78, 5) is 22.7. The third kappa shape index (κ3) is 2.69. The second-order valence-electron chi connectivity index (χ2n) is 5.24.